The summed E-state index contributed by atoms with van der Waals surface area (Å²) in [5.74, 6) is 1.36. The highest BCUT2D eigenvalue weighted by atomic mass is 35.5. The van der Waals surface area contributed by atoms with Crippen molar-refractivity contribution in [3.63, 3.8) is 0 Å². The smallest absolute Gasteiger partial charge is 0.322 e. The number of amides is 2. The molecule has 0 saturated carbocycles. The van der Waals surface area contributed by atoms with E-state index >= 15 is 0 Å². The number of ether oxygens (including phenoxy) is 2. The molecule has 2 aliphatic heterocycles. The molecule has 0 radical (unpaired) electrons. The third kappa shape index (κ3) is 2.87. The Morgan fingerprint density at radius 2 is 1.92 bits per heavy atom. The molecule has 0 bridgehead atoms. The Hall–Kier alpha value is -2.40. The molecule has 2 amide bonds. The lowest BCUT2D eigenvalue weighted by Crippen LogP contribution is -2.34. The predicted molar refractivity (Wildman–Crippen MR) is 91.7 cm³/mol. The molecular formula is C18H17ClN2O3. The summed E-state index contributed by atoms with van der Waals surface area (Å²) in [6.07, 6.45) is 1.94. The molecule has 0 unspecified atom stereocenters. The molecule has 1 saturated heterocycles. The molecule has 24 heavy (non-hydrogen) atoms. The zero-order chi connectivity index (χ0) is 16.5. The molecule has 5 nitrogen and oxygen atoms in total. The van der Waals surface area contributed by atoms with Gasteiger partial charge >= 0.3 is 6.03 Å². The average molecular weight is 345 g/mol. The number of likely N-dealkylation sites (tertiary alicyclic amines) is 1. The second-order valence-corrected chi connectivity index (χ2v) is 6.34. The van der Waals surface area contributed by atoms with E-state index in [1.807, 2.05) is 35.2 Å². The molecule has 4 rings (SSSR count). The average Bonchev–Trinajstić information content (AvgIpc) is 3.24. The number of halogens is 1. The molecule has 0 spiro atoms. The van der Waals surface area contributed by atoms with Gasteiger partial charge in [0.2, 0.25) is 6.79 Å². The van der Waals surface area contributed by atoms with E-state index in [2.05, 4.69) is 5.32 Å². The summed E-state index contributed by atoms with van der Waals surface area (Å²) in [6, 6.07) is 13.1. The van der Waals surface area contributed by atoms with Gasteiger partial charge in [0.1, 0.15) is 0 Å². The largest absolute Gasteiger partial charge is 0.454 e. The number of nitrogens with zero attached hydrogens (tertiary/aromatic N) is 1. The standard InChI is InChI=1S/C18H17ClN2O3/c19-13-5-3-12(4-6-13)15-2-1-9-21(15)18(22)20-14-7-8-16-17(10-14)24-11-23-16/h3-8,10,15H,1-2,9,11H2,(H,20,22)/t15-/m0/s1. The molecule has 124 valence electrons. The molecule has 2 aromatic rings. The second-order valence-electron chi connectivity index (χ2n) is 5.90. The minimum absolute atomic E-state index is 0.0799. The molecule has 6 heteroatoms. The van der Waals surface area contributed by atoms with Gasteiger partial charge in [0.05, 0.1) is 6.04 Å². The number of hydrogen-bond donors (Lipinski definition) is 1. The van der Waals surface area contributed by atoms with Crippen molar-refractivity contribution >= 4 is 23.3 Å². The van der Waals surface area contributed by atoms with E-state index in [1.54, 1.807) is 12.1 Å². The molecule has 1 N–H and O–H groups in total. The minimum atomic E-state index is -0.105. The summed E-state index contributed by atoms with van der Waals surface area (Å²) in [6.45, 7) is 0.960. The number of fused-ring (bicyclic) bond motifs is 1. The van der Waals surface area contributed by atoms with Gasteiger partial charge in [-0.2, -0.15) is 0 Å². The van der Waals surface area contributed by atoms with E-state index in [-0.39, 0.29) is 18.9 Å². The number of nitrogens with one attached hydrogen (secondary N) is 1. The van der Waals surface area contributed by atoms with Crippen molar-refractivity contribution in [3.05, 3.63) is 53.1 Å². The van der Waals surface area contributed by atoms with Gasteiger partial charge in [-0.1, -0.05) is 23.7 Å². The van der Waals surface area contributed by atoms with Crippen LogP contribution >= 0.6 is 11.6 Å². The Morgan fingerprint density at radius 1 is 1.12 bits per heavy atom. The Kier molecular flexibility index (Phi) is 3.94. The van der Waals surface area contributed by atoms with E-state index in [0.717, 1.165) is 24.9 Å². The molecule has 0 aliphatic carbocycles. The summed E-state index contributed by atoms with van der Waals surface area (Å²) < 4.78 is 10.6. The summed E-state index contributed by atoms with van der Waals surface area (Å²) in [4.78, 5) is 14.6. The lowest BCUT2D eigenvalue weighted by molar-refractivity contribution is 0.174. The monoisotopic (exact) mass is 344 g/mol. The fourth-order valence-corrected chi connectivity index (χ4v) is 3.34. The van der Waals surface area contributed by atoms with Crippen LogP contribution in [0.5, 0.6) is 11.5 Å². The predicted octanol–water partition coefficient (Wildman–Crippen LogP) is 4.44. The van der Waals surface area contributed by atoms with Crippen LogP contribution in [0, 0.1) is 0 Å². The van der Waals surface area contributed by atoms with Gasteiger partial charge in [0, 0.05) is 23.3 Å². The first kappa shape index (κ1) is 15.1. The maximum Gasteiger partial charge on any atom is 0.322 e. The van der Waals surface area contributed by atoms with Gasteiger partial charge in [-0.05, 0) is 42.7 Å². The third-order valence-corrected chi connectivity index (χ3v) is 4.64. The van der Waals surface area contributed by atoms with Crippen LogP contribution < -0.4 is 14.8 Å². The quantitative estimate of drug-likeness (QED) is 0.876. The van der Waals surface area contributed by atoms with E-state index in [1.165, 1.54) is 0 Å². The number of carbonyl (C=O) groups excluding carboxylic acids is 1. The number of urea groups is 1. The molecule has 0 aromatic heterocycles. The Balaban J connectivity index is 1.50. The lowest BCUT2D eigenvalue weighted by Gasteiger charge is -2.25. The highest BCUT2D eigenvalue weighted by Gasteiger charge is 2.30. The highest BCUT2D eigenvalue weighted by molar-refractivity contribution is 6.30. The molecule has 2 heterocycles. The van der Waals surface area contributed by atoms with Gasteiger partial charge in [-0.3, -0.25) is 0 Å². The van der Waals surface area contributed by atoms with Crippen molar-refractivity contribution in [2.45, 2.75) is 18.9 Å². The Labute approximate surface area is 145 Å². The van der Waals surface area contributed by atoms with Crippen LogP contribution in [0.1, 0.15) is 24.4 Å². The molecule has 2 aromatic carbocycles. The second kappa shape index (κ2) is 6.24. The fraction of sp³-hybridized carbons (Fsp3) is 0.278. The first-order valence-electron chi connectivity index (χ1n) is 7.93. The zero-order valence-corrected chi connectivity index (χ0v) is 13.8. The first-order valence-corrected chi connectivity index (χ1v) is 8.31. The van der Waals surface area contributed by atoms with Crippen LogP contribution in [0.15, 0.2) is 42.5 Å². The van der Waals surface area contributed by atoms with E-state index < -0.39 is 0 Å². The molecule has 1 atom stereocenters. The number of anilines is 1. The van der Waals surface area contributed by atoms with Crippen LogP contribution in [-0.2, 0) is 0 Å². The SMILES string of the molecule is O=C(Nc1ccc2c(c1)OCO2)N1CCC[C@H]1c1ccc(Cl)cc1. The van der Waals surface area contributed by atoms with Crippen molar-refractivity contribution in [1.29, 1.82) is 0 Å². The Bertz CT molecular complexity index is 763. The van der Waals surface area contributed by atoms with Gasteiger partial charge in [0.25, 0.3) is 0 Å². The number of carbonyl (C=O) groups is 1. The summed E-state index contributed by atoms with van der Waals surface area (Å²) >= 11 is 5.96. The van der Waals surface area contributed by atoms with Gasteiger partial charge in [0.15, 0.2) is 11.5 Å². The molecule has 1 fully saturated rings. The van der Waals surface area contributed by atoms with Crippen molar-refractivity contribution in [2.75, 3.05) is 18.7 Å². The zero-order valence-electron chi connectivity index (χ0n) is 13.0. The molecular weight excluding hydrogens is 328 g/mol. The normalized spacial score (nSPS) is 18.7. The van der Waals surface area contributed by atoms with Gasteiger partial charge in [-0.15, -0.1) is 0 Å². The third-order valence-electron chi connectivity index (χ3n) is 4.39. The van der Waals surface area contributed by atoms with Crippen LogP contribution in [-0.4, -0.2) is 24.3 Å². The fourth-order valence-electron chi connectivity index (χ4n) is 3.21. The lowest BCUT2D eigenvalue weighted by atomic mass is 10.1. The topological polar surface area (TPSA) is 50.8 Å². The summed E-state index contributed by atoms with van der Waals surface area (Å²) in [7, 11) is 0. The van der Waals surface area contributed by atoms with Crippen LogP contribution in [0.25, 0.3) is 0 Å². The van der Waals surface area contributed by atoms with Crippen molar-refractivity contribution in [3.8, 4) is 11.5 Å². The first-order chi connectivity index (χ1) is 11.7. The van der Waals surface area contributed by atoms with E-state index in [0.29, 0.717) is 22.2 Å². The number of hydrogen-bond acceptors (Lipinski definition) is 3. The number of rotatable bonds is 2. The van der Waals surface area contributed by atoms with Crippen LogP contribution in [0.3, 0.4) is 0 Å². The minimum Gasteiger partial charge on any atom is -0.454 e. The maximum absolute atomic E-state index is 12.7. The van der Waals surface area contributed by atoms with Crippen molar-refractivity contribution in [1.82, 2.24) is 4.90 Å². The van der Waals surface area contributed by atoms with Crippen LogP contribution in [0.2, 0.25) is 5.02 Å². The number of benzene rings is 2. The summed E-state index contributed by atoms with van der Waals surface area (Å²) in [5.41, 5.74) is 1.81. The van der Waals surface area contributed by atoms with Gasteiger partial charge < -0.3 is 19.7 Å². The van der Waals surface area contributed by atoms with Crippen molar-refractivity contribution in [2.24, 2.45) is 0 Å². The highest BCUT2D eigenvalue weighted by Crippen LogP contribution is 2.36. The van der Waals surface area contributed by atoms with Crippen molar-refractivity contribution < 1.29 is 14.3 Å². The molecule has 2 aliphatic rings. The van der Waals surface area contributed by atoms with E-state index in [9.17, 15) is 4.79 Å². The van der Waals surface area contributed by atoms with E-state index in [4.69, 9.17) is 21.1 Å². The van der Waals surface area contributed by atoms with Crippen LogP contribution in [0.4, 0.5) is 10.5 Å². The Morgan fingerprint density at radius 3 is 2.75 bits per heavy atom. The van der Waals surface area contributed by atoms with Gasteiger partial charge in [-0.25, -0.2) is 4.79 Å². The maximum atomic E-state index is 12.7. The summed E-state index contributed by atoms with van der Waals surface area (Å²) in [5, 5.41) is 3.65.